The predicted octanol–water partition coefficient (Wildman–Crippen LogP) is 5.29. The zero-order valence-electron chi connectivity index (χ0n) is 18.5. The van der Waals surface area contributed by atoms with Gasteiger partial charge < -0.3 is 20.7 Å². The minimum Gasteiger partial charge on any atom is -0.492 e. The largest absolute Gasteiger partial charge is 0.492 e. The molecule has 0 spiro atoms. The first kappa shape index (κ1) is 23.5. The monoisotopic (exact) mass is 479 g/mol. The maximum atomic E-state index is 13.6. The average Bonchev–Trinajstić information content (AvgIpc) is 2.83. The number of amides is 1. The van der Waals surface area contributed by atoms with Crippen LogP contribution in [0.1, 0.15) is 25.3 Å². The molecule has 1 amide bonds. The number of benzene rings is 2. The van der Waals surface area contributed by atoms with Crippen LogP contribution < -0.4 is 20.7 Å². The van der Waals surface area contributed by atoms with Gasteiger partial charge in [-0.15, -0.1) is 0 Å². The van der Waals surface area contributed by atoms with Crippen molar-refractivity contribution in [3.05, 3.63) is 64.6 Å². The van der Waals surface area contributed by atoms with Crippen LogP contribution in [-0.4, -0.2) is 30.6 Å². The van der Waals surface area contributed by atoms with Crippen molar-refractivity contribution in [2.24, 2.45) is 0 Å². The Morgan fingerprint density at radius 2 is 2.12 bits per heavy atom. The highest BCUT2D eigenvalue weighted by Crippen LogP contribution is 2.36. The molecule has 7 nitrogen and oxygen atoms in total. The fraction of sp³-hybridized carbons (Fsp3) is 0.240. The molecule has 4 rings (SSSR count). The van der Waals surface area contributed by atoms with Crippen LogP contribution in [0.3, 0.4) is 0 Å². The Bertz CT molecular complexity index is 1310. The Kier molecular flexibility index (Phi) is 7.26. The van der Waals surface area contributed by atoms with E-state index in [0.29, 0.717) is 40.3 Å². The van der Waals surface area contributed by atoms with Crippen LogP contribution in [0.25, 0.3) is 10.9 Å². The van der Waals surface area contributed by atoms with E-state index in [2.05, 4.69) is 27.0 Å². The van der Waals surface area contributed by atoms with E-state index in [1.807, 2.05) is 6.92 Å². The van der Waals surface area contributed by atoms with E-state index in [1.54, 1.807) is 18.2 Å². The van der Waals surface area contributed by atoms with Gasteiger partial charge in [0, 0.05) is 29.4 Å². The van der Waals surface area contributed by atoms with Gasteiger partial charge in [0.15, 0.2) is 0 Å². The molecule has 1 fully saturated rings. The standard InChI is InChI=1S/C25H23ClFN5O2/c1-2-34-23-12-21-18(11-22(23)32-24(33)9-15-5-7-29-8-6-15)25(16(13-28)14-30-21)31-17-3-4-20(27)19(26)10-17/h3-4,9-12,14,29H,2,5-8H2,1H3,(H,30,31)(H,32,33). The summed E-state index contributed by atoms with van der Waals surface area (Å²) in [6.45, 7) is 3.95. The van der Waals surface area contributed by atoms with Crippen LogP contribution >= 0.6 is 11.6 Å². The van der Waals surface area contributed by atoms with Crippen LogP contribution in [0.4, 0.5) is 21.5 Å². The fourth-order valence-electron chi connectivity index (χ4n) is 3.78. The molecule has 0 aliphatic carbocycles. The first-order chi connectivity index (χ1) is 16.5. The average molecular weight is 480 g/mol. The van der Waals surface area contributed by atoms with Crippen molar-refractivity contribution >= 4 is 45.5 Å². The Labute approximate surface area is 201 Å². The molecule has 9 heteroatoms. The van der Waals surface area contributed by atoms with Gasteiger partial charge in [0.05, 0.1) is 34.1 Å². The quantitative estimate of drug-likeness (QED) is 0.415. The molecular weight excluding hydrogens is 457 g/mol. The third kappa shape index (κ3) is 5.28. The number of carbonyl (C=O) groups excluding carboxylic acids is 1. The SMILES string of the molecule is CCOc1cc2ncc(C#N)c(Nc3ccc(F)c(Cl)c3)c2cc1NC(=O)C=C1CCNCC1. The molecule has 3 aromatic rings. The van der Waals surface area contributed by atoms with E-state index in [0.717, 1.165) is 31.5 Å². The van der Waals surface area contributed by atoms with E-state index < -0.39 is 5.82 Å². The lowest BCUT2D eigenvalue weighted by Gasteiger charge is -2.17. The molecule has 3 N–H and O–H groups in total. The summed E-state index contributed by atoms with van der Waals surface area (Å²) >= 11 is 5.92. The summed E-state index contributed by atoms with van der Waals surface area (Å²) in [6.07, 6.45) is 4.73. The van der Waals surface area contributed by atoms with Gasteiger partial charge in [-0.1, -0.05) is 17.2 Å². The van der Waals surface area contributed by atoms with Gasteiger partial charge in [-0.3, -0.25) is 9.78 Å². The highest BCUT2D eigenvalue weighted by molar-refractivity contribution is 6.31. The van der Waals surface area contributed by atoms with Crippen LogP contribution in [-0.2, 0) is 4.79 Å². The number of rotatable bonds is 6. The number of anilines is 3. The van der Waals surface area contributed by atoms with Crippen molar-refractivity contribution < 1.29 is 13.9 Å². The second-order valence-electron chi connectivity index (χ2n) is 7.75. The smallest absolute Gasteiger partial charge is 0.248 e. The van der Waals surface area contributed by atoms with E-state index >= 15 is 0 Å². The topological polar surface area (TPSA) is 99.1 Å². The summed E-state index contributed by atoms with van der Waals surface area (Å²) in [5, 5.41) is 19.5. The number of fused-ring (bicyclic) bond motifs is 1. The lowest BCUT2D eigenvalue weighted by atomic mass is 10.0. The number of nitrogens with one attached hydrogen (secondary N) is 3. The Hall–Kier alpha value is -3.67. The summed E-state index contributed by atoms with van der Waals surface area (Å²) in [5.41, 5.74) is 3.36. The fourth-order valence-corrected chi connectivity index (χ4v) is 3.96. The molecule has 1 aliphatic heterocycles. The van der Waals surface area contributed by atoms with Crippen LogP contribution in [0.2, 0.25) is 5.02 Å². The molecule has 1 aromatic heterocycles. The zero-order valence-corrected chi connectivity index (χ0v) is 19.3. The third-order valence-corrected chi connectivity index (χ3v) is 5.71. The van der Waals surface area contributed by atoms with Gasteiger partial charge in [0.25, 0.3) is 0 Å². The zero-order chi connectivity index (χ0) is 24.1. The number of pyridine rings is 1. The summed E-state index contributed by atoms with van der Waals surface area (Å²) in [6, 6.07) is 9.77. The molecule has 174 valence electrons. The van der Waals surface area contributed by atoms with E-state index in [4.69, 9.17) is 16.3 Å². The minimum atomic E-state index is -0.540. The van der Waals surface area contributed by atoms with Gasteiger partial charge in [-0.2, -0.15) is 5.26 Å². The van der Waals surface area contributed by atoms with Crippen molar-refractivity contribution in [3.63, 3.8) is 0 Å². The van der Waals surface area contributed by atoms with Crippen molar-refractivity contribution in [1.29, 1.82) is 5.26 Å². The number of hydrogen-bond acceptors (Lipinski definition) is 6. The van der Waals surface area contributed by atoms with Crippen molar-refractivity contribution in [2.45, 2.75) is 19.8 Å². The Morgan fingerprint density at radius 1 is 1.32 bits per heavy atom. The number of carbonyl (C=O) groups is 1. The maximum Gasteiger partial charge on any atom is 0.248 e. The lowest BCUT2D eigenvalue weighted by molar-refractivity contribution is -0.112. The molecule has 0 bridgehead atoms. The maximum absolute atomic E-state index is 13.6. The number of nitrogens with zero attached hydrogens (tertiary/aromatic N) is 2. The molecule has 1 aliphatic rings. The second-order valence-corrected chi connectivity index (χ2v) is 8.16. The molecule has 34 heavy (non-hydrogen) atoms. The van der Waals surface area contributed by atoms with Crippen LogP contribution in [0.15, 0.2) is 48.2 Å². The summed E-state index contributed by atoms with van der Waals surface area (Å²) in [5.74, 6) is -0.317. The van der Waals surface area contributed by atoms with Crippen molar-refractivity contribution in [1.82, 2.24) is 10.3 Å². The normalized spacial score (nSPS) is 13.3. The third-order valence-electron chi connectivity index (χ3n) is 5.42. The van der Waals surface area contributed by atoms with E-state index in [-0.39, 0.29) is 16.5 Å². The number of ether oxygens (including phenoxy) is 1. The van der Waals surface area contributed by atoms with Crippen molar-refractivity contribution in [2.75, 3.05) is 30.3 Å². The summed E-state index contributed by atoms with van der Waals surface area (Å²) in [7, 11) is 0. The van der Waals surface area contributed by atoms with Gasteiger partial charge in [0.2, 0.25) is 5.91 Å². The first-order valence-corrected chi connectivity index (χ1v) is 11.3. The Morgan fingerprint density at radius 3 is 2.82 bits per heavy atom. The van der Waals surface area contributed by atoms with Gasteiger partial charge in [-0.05, 0) is 57.1 Å². The molecule has 0 unspecified atom stereocenters. The summed E-state index contributed by atoms with van der Waals surface area (Å²) < 4.78 is 19.4. The molecule has 0 atom stereocenters. The molecule has 0 saturated carbocycles. The highest BCUT2D eigenvalue weighted by Gasteiger charge is 2.16. The number of hydrogen-bond donors (Lipinski definition) is 3. The predicted molar refractivity (Wildman–Crippen MR) is 131 cm³/mol. The first-order valence-electron chi connectivity index (χ1n) is 10.9. The highest BCUT2D eigenvalue weighted by atomic mass is 35.5. The number of aromatic nitrogens is 1. The van der Waals surface area contributed by atoms with Gasteiger partial charge in [0.1, 0.15) is 17.6 Å². The minimum absolute atomic E-state index is 0.0422. The van der Waals surface area contributed by atoms with Gasteiger partial charge >= 0.3 is 0 Å². The number of piperidine rings is 1. The molecule has 2 heterocycles. The van der Waals surface area contributed by atoms with E-state index in [1.165, 1.54) is 24.4 Å². The van der Waals surface area contributed by atoms with Crippen LogP contribution in [0.5, 0.6) is 5.75 Å². The van der Waals surface area contributed by atoms with Crippen molar-refractivity contribution in [3.8, 4) is 11.8 Å². The molecule has 2 aromatic carbocycles. The second kappa shape index (κ2) is 10.5. The molecule has 1 saturated heterocycles. The lowest BCUT2D eigenvalue weighted by Crippen LogP contribution is -2.24. The molecular formula is C25H23ClFN5O2. The van der Waals surface area contributed by atoms with Gasteiger partial charge in [-0.25, -0.2) is 4.39 Å². The summed E-state index contributed by atoms with van der Waals surface area (Å²) in [4.78, 5) is 17.1. The van der Waals surface area contributed by atoms with E-state index in [9.17, 15) is 14.4 Å². The molecule has 0 radical (unpaired) electrons. The number of halogens is 2. The number of nitriles is 1. The van der Waals surface area contributed by atoms with Crippen LogP contribution in [0, 0.1) is 17.1 Å². The Balaban J connectivity index is 1.76.